The molecule has 1 amide bonds. The molecule has 1 aliphatic rings. The van der Waals surface area contributed by atoms with Crippen molar-refractivity contribution in [2.75, 3.05) is 25.5 Å². The zero-order valence-electron chi connectivity index (χ0n) is 15.7. The summed E-state index contributed by atoms with van der Waals surface area (Å²) in [5.41, 5.74) is 2.60. The zero-order valence-corrected chi connectivity index (χ0v) is 15.7. The summed E-state index contributed by atoms with van der Waals surface area (Å²) in [6, 6.07) is 2.04. The average molecular weight is 378 g/mol. The lowest BCUT2D eigenvalue weighted by atomic mass is 10.0. The first-order chi connectivity index (χ1) is 13.7. The van der Waals surface area contributed by atoms with Crippen LogP contribution in [0.3, 0.4) is 0 Å². The highest BCUT2D eigenvalue weighted by Gasteiger charge is 2.24. The first-order valence-electron chi connectivity index (χ1n) is 9.19. The number of fused-ring (bicyclic) bond motifs is 1. The number of hydrogen-bond acceptors (Lipinski definition) is 6. The highest BCUT2D eigenvalue weighted by atomic mass is 16.5. The summed E-state index contributed by atoms with van der Waals surface area (Å²) >= 11 is 0. The topological polar surface area (TPSA) is 96.0 Å². The lowest BCUT2D eigenvalue weighted by Crippen LogP contribution is -2.44. The van der Waals surface area contributed by atoms with Gasteiger partial charge < -0.3 is 19.9 Å². The number of hydrogen-bond donors (Lipinski definition) is 2. The van der Waals surface area contributed by atoms with Crippen LogP contribution in [0.15, 0.2) is 43.6 Å². The van der Waals surface area contributed by atoms with Crippen LogP contribution < -0.4 is 10.1 Å². The van der Waals surface area contributed by atoms with E-state index in [0.29, 0.717) is 12.3 Å². The SMILES string of the molecule is C=CC(=O)N1CCC[C@@H](Nc2ncnc3[nH]cc(-c4cncc(OC)c4)c23)C1. The fourth-order valence-corrected chi connectivity index (χ4v) is 3.60. The van der Waals surface area contributed by atoms with Gasteiger partial charge in [-0.15, -0.1) is 0 Å². The number of anilines is 1. The second kappa shape index (κ2) is 7.67. The summed E-state index contributed by atoms with van der Waals surface area (Å²) in [5.74, 6) is 1.38. The number of likely N-dealkylation sites (tertiary alicyclic amines) is 1. The Morgan fingerprint density at radius 1 is 1.43 bits per heavy atom. The maximum absolute atomic E-state index is 12.0. The number of carbonyl (C=O) groups is 1. The van der Waals surface area contributed by atoms with Crippen LogP contribution in [0.4, 0.5) is 5.82 Å². The van der Waals surface area contributed by atoms with E-state index in [0.717, 1.165) is 47.4 Å². The molecule has 8 nitrogen and oxygen atoms in total. The zero-order chi connectivity index (χ0) is 19.5. The van der Waals surface area contributed by atoms with Crippen molar-refractivity contribution in [3.8, 4) is 16.9 Å². The molecule has 1 fully saturated rings. The summed E-state index contributed by atoms with van der Waals surface area (Å²) in [5, 5.41) is 4.40. The van der Waals surface area contributed by atoms with Crippen molar-refractivity contribution in [2.45, 2.75) is 18.9 Å². The second-order valence-corrected chi connectivity index (χ2v) is 6.73. The van der Waals surface area contributed by atoms with Crippen LogP contribution in [0.5, 0.6) is 5.75 Å². The number of methoxy groups -OCH3 is 1. The summed E-state index contributed by atoms with van der Waals surface area (Å²) < 4.78 is 5.30. The van der Waals surface area contributed by atoms with Crippen molar-refractivity contribution < 1.29 is 9.53 Å². The molecule has 1 saturated heterocycles. The van der Waals surface area contributed by atoms with Gasteiger partial charge in [-0.1, -0.05) is 6.58 Å². The molecule has 1 atom stereocenters. The van der Waals surface area contributed by atoms with E-state index >= 15 is 0 Å². The molecule has 3 aromatic heterocycles. The Hall–Kier alpha value is -3.42. The minimum atomic E-state index is -0.0378. The van der Waals surface area contributed by atoms with Crippen LogP contribution >= 0.6 is 0 Å². The molecule has 2 N–H and O–H groups in total. The number of nitrogens with one attached hydrogen (secondary N) is 2. The number of pyridine rings is 1. The van der Waals surface area contributed by atoms with E-state index in [2.05, 4.69) is 31.8 Å². The van der Waals surface area contributed by atoms with Gasteiger partial charge in [-0.05, 0) is 25.0 Å². The van der Waals surface area contributed by atoms with Gasteiger partial charge >= 0.3 is 0 Å². The van der Waals surface area contributed by atoms with E-state index in [1.54, 1.807) is 19.5 Å². The third-order valence-corrected chi connectivity index (χ3v) is 4.98. The highest BCUT2D eigenvalue weighted by molar-refractivity contribution is 6.00. The van der Waals surface area contributed by atoms with Crippen LogP contribution in [0.2, 0.25) is 0 Å². The standard InChI is InChI=1S/C20H22N6O2/c1-3-17(27)26-6-4-5-14(11-26)25-20-18-16(10-22-19(18)23-12-24-20)13-7-15(28-2)9-21-8-13/h3,7-10,12,14H,1,4-6,11H2,2H3,(H2,22,23,24,25)/t14-/m1/s1. The molecule has 0 spiro atoms. The number of piperidine rings is 1. The molecule has 1 aliphatic heterocycles. The maximum Gasteiger partial charge on any atom is 0.246 e. The Morgan fingerprint density at radius 3 is 3.14 bits per heavy atom. The van der Waals surface area contributed by atoms with E-state index in [1.165, 1.54) is 12.4 Å². The summed E-state index contributed by atoms with van der Waals surface area (Å²) in [6.07, 6.45) is 10.2. The Balaban J connectivity index is 1.67. The predicted octanol–water partition coefficient (Wildman–Crippen LogP) is 2.62. The van der Waals surface area contributed by atoms with Gasteiger partial charge in [-0.2, -0.15) is 0 Å². The summed E-state index contributed by atoms with van der Waals surface area (Å²) in [7, 11) is 1.62. The number of nitrogens with zero attached hydrogens (tertiary/aromatic N) is 4. The Kier molecular flexibility index (Phi) is 4.92. The molecule has 0 unspecified atom stereocenters. The van der Waals surface area contributed by atoms with Crippen molar-refractivity contribution in [1.29, 1.82) is 0 Å². The molecule has 8 heteroatoms. The monoisotopic (exact) mass is 378 g/mol. The third kappa shape index (κ3) is 3.40. The first kappa shape index (κ1) is 18.0. The van der Waals surface area contributed by atoms with Crippen LogP contribution in [-0.2, 0) is 4.79 Å². The number of aromatic amines is 1. The first-order valence-corrected chi connectivity index (χ1v) is 9.19. The van der Waals surface area contributed by atoms with E-state index in [-0.39, 0.29) is 11.9 Å². The van der Waals surface area contributed by atoms with Crippen LogP contribution in [0.1, 0.15) is 12.8 Å². The lowest BCUT2D eigenvalue weighted by Gasteiger charge is -2.32. The number of amides is 1. The molecule has 0 saturated carbocycles. The summed E-state index contributed by atoms with van der Waals surface area (Å²) in [6.45, 7) is 4.96. The largest absolute Gasteiger partial charge is 0.495 e. The summed E-state index contributed by atoms with van der Waals surface area (Å²) in [4.78, 5) is 30.0. The smallest absolute Gasteiger partial charge is 0.246 e. The molecule has 0 aromatic carbocycles. The lowest BCUT2D eigenvalue weighted by molar-refractivity contribution is -0.127. The average Bonchev–Trinajstić information content (AvgIpc) is 3.19. The molecule has 4 rings (SSSR count). The fraction of sp³-hybridized carbons (Fsp3) is 0.300. The maximum atomic E-state index is 12.0. The molecule has 3 aromatic rings. The third-order valence-electron chi connectivity index (χ3n) is 4.98. The van der Waals surface area contributed by atoms with Crippen molar-refractivity contribution in [1.82, 2.24) is 24.8 Å². The van der Waals surface area contributed by atoms with Gasteiger partial charge in [0.1, 0.15) is 23.5 Å². The number of H-pyrrole nitrogens is 1. The molecular weight excluding hydrogens is 356 g/mol. The van der Waals surface area contributed by atoms with Crippen molar-refractivity contribution >= 4 is 22.8 Å². The van der Waals surface area contributed by atoms with Gasteiger partial charge in [0.2, 0.25) is 5.91 Å². The van der Waals surface area contributed by atoms with Gasteiger partial charge in [0.05, 0.1) is 18.7 Å². The Morgan fingerprint density at radius 2 is 2.32 bits per heavy atom. The molecule has 0 aliphatic carbocycles. The van der Waals surface area contributed by atoms with E-state index in [9.17, 15) is 4.79 Å². The van der Waals surface area contributed by atoms with Crippen LogP contribution in [0.25, 0.3) is 22.2 Å². The van der Waals surface area contributed by atoms with Gasteiger partial charge in [0.25, 0.3) is 0 Å². The van der Waals surface area contributed by atoms with Gasteiger partial charge in [0.15, 0.2) is 0 Å². The van der Waals surface area contributed by atoms with Crippen molar-refractivity contribution in [2.24, 2.45) is 0 Å². The normalized spacial score (nSPS) is 16.8. The highest BCUT2D eigenvalue weighted by Crippen LogP contribution is 2.33. The van der Waals surface area contributed by atoms with Crippen molar-refractivity contribution in [3.05, 3.63) is 43.6 Å². The Labute approximate surface area is 162 Å². The molecule has 0 radical (unpaired) electrons. The molecule has 144 valence electrons. The molecular formula is C20H22N6O2. The van der Waals surface area contributed by atoms with E-state index in [1.807, 2.05) is 17.2 Å². The number of carbonyl (C=O) groups excluding carboxylic acids is 1. The number of aromatic nitrogens is 4. The second-order valence-electron chi connectivity index (χ2n) is 6.73. The Bertz CT molecular complexity index is 1010. The molecule has 0 bridgehead atoms. The molecule has 4 heterocycles. The fourth-order valence-electron chi connectivity index (χ4n) is 3.60. The van der Waals surface area contributed by atoms with Crippen molar-refractivity contribution in [3.63, 3.8) is 0 Å². The quantitative estimate of drug-likeness (QED) is 0.663. The number of rotatable bonds is 5. The van der Waals surface area contributed by atoms with Gasteiger partial charge in [-0.25, -0.2) is 9.97 Å². The van der Waals surface area contributed by atoms with Crippen LogP contribution in [0, 0.1) is 0 Å². The minimum Gasteiger partial charge on any atom is -0.495 e. The van der Waals surface area contributed by atoms with Gasteiger partial charge in [-0.3, -0.25) is 9.78 Å². The minimum absolute atomic E-state index is 0.0378. The van der Waals surface area contributed by atoms with Gasteiger partial charge in [0, 0.05) is 42.7 Å². The predicted molar refractivity (Wildman–Crippen MR) is 107 cm³/mol. The van der Waals surface area contributed by atoms with Crippen LogP contribution in [-0.4, -0.2) is 57.0 Å². The molecule has 28 heavy (non-hydrogen) atoms. The van der Waals surface area contributed by atoms with E-state index in [4.69, 9.17) is 4.74 Å². The van der Waals surface area contributed by atoms with E-state index < -0.39 is 0 Å². The number of ether oxygens (including phenoxy) is 1.